The van der Waals surface area contributed by atoms with Crippen LogP contribution in [0.3, 0.4) is 0 Å². The molecule has 26 heavy (non-hydrogen) atoms. The van der Waals surface area contributed by atoms with Gasteiger partial charge < -0.3 is 4.74 Å². The summed E-state index contributed by atoms with van der Waals surface area (Å²) in [7, 11) is 1.42. The second-order valence-corrected chi connectivity index (χ2v) is 6.83. The van der Waals surface area contributed by atoms with E-state index in [1.54, 1.807) is 12.2 Å². The minimum absolute atomic E-state index is 0.00928. The molecule has 4 heteroatoms. The Morgan fingerprint density at radius 2 is 2.12 bits per heavy atom. The molecule has 3 rings (SSSR count). The zero-order valence-electron chi connectivity index (χ0n) is 15.1. The molecule has 4 atom stereocenters. The van der Waals surface area contributed by atoms with E-state index in [2.05, 4.69) is 17.6 Å². The van der Waals surface area contributed by atoms with Crippen LogP contribution in [0.4, 0.5) is 0 Å². The highest BCUT2D eigenvalue weighted by Gasteiger charge is 2.49. The molecule has 0 saturated carbocycles. The number of ketones is 1. The minimum atomic E-state index is -0.321. The number of carbonyl (C=O) groups is 2. The van der Waals surface area contributed by atoms with Gasteiger partial charge in [-0.25, -0.2) is 0 Å². The highest BCUT2D eigenvalue weighted by molar-refractivity contribution is 5.93. The van der Waals surface area contributed by atoms with Crippen molar-refractivity contribution in [2.24, 2.45) is 11.8 Å². The van der Waals surface area contributed by atoms with Gasteiger partial charge in [0.2, 0.25) is 0 Å². The van der Waals surface area contributed by atoms with Crippen molar-refractivity contribution >= 4 is 17.8 Å². The van der Waals surface area contributed by atoms with Crippen LogP contribution in [0.5, 0.6) is 0 Å². The minimum Gasteiger partial charge on any atom is -0.468 e. The molecule has 0 spiro atoms. The van der Waals surface area contributed by atoms with Crippen molar-refractivity contribution in [2.45, 2.75) is 24.9 Å². The topological polar surface area (TPSA) is 46.6 Å². The van der Waals surface area contributed by atoms with Crippen molar-refractivity contribution in [3.05, 3.63) is 66.8 Å². The first-order chi connectivity index (χ1) is 12.7. The van der Waals surface area contributed by atoms with Crippen LogP contribution in [0.1, 0.15) is 18.4 Å². The average molecular weight is 351 g/mol. The molecule has 1 aliphatic heterocycles. The molecular weight excluding hydrogens is 326 g/mol. The predicted molar refractivity (Wildman–Crippen MR) is 102 cm³/mol. The molecule has 0 N–H and O–H groups in total. The summed E-state index contributed by atoms with van der Waals surface area (Å²) in [5, 5.41) is 0. The van der Waals surface area contributed by atoms with Gasteiger partial charge in [0.15, 0.2) is 5.78 Å². The Hall–Kier alpha value is -2.46. The molecule has 1 aromatic rings. The lowest BCUT2D eigenvalue weighted by atomic mass is 9.79. The third kappa shape index (κ3) is 3.70. The Balaban J connectivity index is 1.84. The summed E-state index contributed by atoms with van der Waals surface area (Å²) in [6.07, 6.45) is 10.8. The number of benzene rings is 1. The first-order valence-electron chi connectivity index (χ1n) is 9.03. The van der Waals surface area contributed by atoms with E-state index in [1.165, 1.54) is 7.11 Å². The summed E-state index contributed by atoms with van der Waals surface area (Å²) in [6.45, 7) is 4.40. The fourth-order valence-electron chi connectivity index (χ4n) is 4.15. The fraction of sp³-hybridized carbons (Fsp3) is 0.364. The largest absolute Gasteiger partial charge is 0.468 e. The Bertz CT molecular complexity index is 722. The summed E-state index contributed by atoms with van der Waals surface area (Å²) in [4.78, 5) is 26.9. The maximum Gasteiger partial charge on any atom is 0.323 e. The molecule has 0 radical (unpaired) electrons. The predicted octanol–water partition coefficient (Wildman–Crippen LogP) is 3.26. The smallest absolute Gasteiger partial charge is 0.323 e. The zero-order valence-corrected chi connectivity index (χ0v) is 15.1. The molecule has 1 fully saturated rings. The van der Waals surface area contributed by atoms with Gasteiger partial charge in [-0.05, 0) is 30.4 Å². The molecule has 0 bridgehead atoms. The van der Waals surface area contributed by atoms with Gasteiger partial charge in [-0.3, -0.25) is 14.5 Å². The number of fused-ring (bicyclic) bond motifs is 1. The van der Waals surface area contributed by atoms with Gasteiger partial charge >= 0.3 is 5.97 Å². The van der Waals surface area contributed by atoms with Crippen LogP contribution < -0.4 is 0 Å². The van der Waals surface area contributed by atoms with Crippen LogP contribution in [0.15, 0.2) is 61.2 Å². The zero-order chi connectivity index (χ0) is 18.5. The van der Waals surface area contributed by atoms with Crippen LogP contribution in [0.25, 0.3) is 6.08 Å². The molecule has 0 aromatic heterocycles. The number of nitrogens with zero attached hydrogens (tertiary/aromatic N) is 1. The number of ether oxygens (including phenoxy) is 1. The van der Waals surface area contributed by atoms with Crippen LogP contribution in [-0.4, -0.2) is 42.4 Å². The van der Waals surface area contributed by atoms with Crippen molar-refractivity contribution in [3.8, 4) is 0 Å². The number of likely N-dealkylation sites (tertiary alicyclic amines) is 1. The molecule has 2 aliphatic rings. The third-order valence-corrected chi connectivity index (χ3v) is 5.32. The van der Waals surface area contributed by atoms with E-state index < -0.39 is 0 Å². The van der Waals surface area contributed by atoms with Crippen molar-refractivity contribution in [1.29, 1.82) is 0 Å². The van der Waals surface area contributed by atoms with Gasteiger partial charge in [-0.2, -0.15) is 0 Å². The quantitative estimate of drug-likeness (QED) is 0.583. The van der Waals surface area contributed by atoms with Gasteiger partial charge in [0, 0.05) is 18.5 Å². The highest BCUT2D eigenvalue weighted by Crippen LogP contribution is 2.40. The molecule has 0 amide bonds. The summed E-state index contributed by atoms with van der Waals surface area (Å²) in [5.41, 5.74) is 1.11. The molecule has 1 saturated heterocycles. The lowest BCUT2D eigenvalue weighted by Crippen LogP contribution is -2.48. The number of hydrogen-bond acceptors (Lipinski definition) is 4. The van der Waals surface area contributed by atoms with Gasteiger partial charge in [0.1, 0.15) is 6.04 Å². The molecule has 136 valence electrons. The summed E-state index contributed by atoms with van der Waals surface area (Å²) in [6, 6.07) is 9.73. The fourth-order valence-corrected chi connectivity index (χ4v) is 4.15. The monoisotopic (exact) mass is 351 g/mol. The summed E-state index contributed by atoms with van der Waals surface area (Å²) in [5.74, 6) is -0.0754. The van der Waals surface area contributed by atoms with Gasteiger partial charge in [0.25, 0.3) is 0 Å². The van der Waals surface area contributed by atoms with E-state index in [0.29, 0.717) is 19.4 Å². The van der Waals surface area contributed by atoms with E-state index in [9.17, 15) is 9.59 Å². The summed E-state index contributed by atoms with van der Waals surface area (Å²) >= 11 is 0. The molecule has 1 aliphatic carbocycles. The number of methoxy groups -OCH3 is 1. The molecule has 1 heterocycles. The van der Waals surface area contributed by atoms with E-state index in [4.69, 9.17) is 4.74 Å². The van der Waals surface area contributed by atoms with Crippen molar-refractivity contribution in [2.75, 3.05) is 13.7 Å². The van der Waals surface area contributed by atoms with E-state index >= 15 is 0 Å². The van der Waals surface area contributed by atoms with E-state index in [1.807, 2.05) is 42.5 Å². The normalized spacial score (nSPS) is 28.3. The highest BCUT2D eigenvalue weighted by atomic mass is 16.5. The second-order valence-electron chi connectivity index (χ2n) is 6.83. The van der Waals surface area contributed by atoms with Crippen LogP contribution in [0, 0.1) is 11.8 Å². The molecule has 4 nitrogen and oxygen atoms in total. The Kier molecular flexibility index (Phi) is 5.84. The molecule has 1 aromatic carbocycles. The average Bonchev–Trinajstić information content (AvgIpc) is 3.03. The van der Waals surface area contributed by atoms with Gasteiger partial charge in [-0.15, -0.1) is 6.58 Å². The van der Waals surface area contributed by atoms with Gasteiger partial charge in [0.05, 0.1) is 7.11 Å². The Morgan fingerprint density at radius 1 is 1.35 bits per heavy atom. The van der Waals surface area contributed by atoms with Gasteiger partial charge in [-0.1, -0.05) is 54.6 Å². The first kappa shape index (κ1) is 18.3. The SMILES string of the molecule is C=CC[C@@H]1C(=O)C=C[C@H]2C[C@@H](C(=O)OC)N(C/C=C/c3ccccc3)[C@H]12. The maximum atomic E-state index is 12.4. The number of hydrogen-bond donors (Lipinski definition) is 0. The van der Waals surface area contributed by atoms with Crippen molar-refractivity contribution < 1.29 is 14.3 Å². The number of allylic oxidation sites excluding steroid dienone is 2. The third-order valence-electron chi connectivity index (χ3n) is 5.32. The van der Waals surface area contributed by atoms with E-state index in [0.717, 1.165) is 5.56 Å². The van der Waals surface area contributed by atoms with Crippen LogP contribution >= 0.6 is 0 Å². The van der Waals surface area contributed by atoms with Crippen LogP contribution in [-0.2, 0) is 14.3 Å². The number of rotatable bonds is 6. The maximum absolute atomic E-state index is 12.4. The summed E-state index contributed by atoms with van der Waals surface area (Å²) < 4.78 is 5.02. The first-order valence-corrected chi connectivity index (χ1v) is 9.03. The second kappa shape index (κ2) is 8.28. The van der Waals surface area contributed by atoms with Crippen molar-refractivity contribution in [3.63, 3.8) is 0 Å². The number of carbonyl (C=O) groups excluding carboxylic acids is 2. The Morgan fingerprint density at radius 3 is 2.81 bits per heavy atom. The standard InChI is InChI=1S/C22H25NO3/c1-3-8-18-20(24)13-12-17-15-19(22(25)26-2)23(21(17)18)14-7-11-16-9-5-4-6-10-16/h3-7,9-13,17-19,21H,1,8,14-15H2,2H3/b11-7+/t17-,18+,19-,21-/m0/s1. The van der Waals surface area contributed by atoms with Crippen LogP contribution in [0.2, 0.25) is 0 Å². The Labute approximate surface area is 154 Å². The van der Waals surface area contributed by atoms with Crippen molar-refractivity contribution in [1.82, 2.24) is 4.90 Å². The lowest BCUT2D eigenvalue weighted by molar-refractivity contribution is -0.146. The molecular formula is C22H25NO3. The van der Waals surface area contributed by atoms with E-state index in [-0.39, 0.29) is 35.7 Å². The number of esters is 1. The lowest BCUT2D eigenvalue weighted by Gasteiger charge is -2.35. The molecule has 0 unspecified atom stereocenters.